The van der Waals surface area contributed by atoms with E-state index in [-0.39, 0.29) is 12.1 Å². The van der Waals surface area contributed by atoms with Crippen LogP contribution in [0, 0.1) is 0 Å². The number of nitrogens with zero attached hydrogens (tertiary/aromatic N) is 1. The van der Waals surface area contributed by atoms with Crippen molar-refractivity contribution in [2.75, 3.05) is 20.2 Å². The van der Waals surface area contributed by atoms with Gasteiger partial charge in [-0.2, -0.15) is 0 Å². The molecule has 0 radical (unpaired) electrons. The van der Waals surface area contributed by atoms with Gasteiger partial charge in [0.25, 0.3) is 0 Å². The highest BCUT2D eigenvalue weighted by atomic mass is 16.5. The van der Waals surface area contributed by atoms with Gasteiger partial charge in [0.15, 0.2) is 0 Å². The topological polar surface area (TPSA) is 50.8 Å². The summed E-state index contributed by atoms with van der Waals surface area (Å²) in [6.45, 7) is 2.44. The van der Waals surface area contributed by atoms with Crippen molar-refractivity contribution in [2.45, 2.75) is 38.5 Å². The minimum atomic E-state index is -0.0740. The molecule has 1 N–H and O–H groups in total. The number of rotatable bonds is 7. The summed E-state index contributed by atoms with van der Waals surface area (Å²) < 4.78 is 11.5. The first-order valence-corrected chi connectivity index (χ1v) is 9.57. The van der Waals surface area contributed by atoms with Gasteiger partial charge in [0.1, 0.15) is 12.4 Å². The van der Waals surface area contributed by atoms with E-state index in [0.717, 1.165) is 36.3 Å². The second-order valence-corrected chi connectivity index (χ2v) is 6.95. The predicted molar refractivity (Wildman–Crippen MR) is 106 cm³/mol. The maximum Gasteiger partial charge on any atom is 0.317 e. The molecule has 3 rings (SSSR count). The fraction of sp³-hybridized carbons (Fsp3) is 0.409. The van der Waals surface area contributed by atoms with Crippen LogP contribution in [-0.2, 0) is 17.9 Å². The van der Waals surface area contributed by atoms with Crippen LogP contribution in [0.2, 0.25) is 0 Å². The van der Waals surface area contributed by atoms with Crippen molar-refractivity contribution < 1.29 is 14.3 Å². The van der Waals surface area contributed by atoms with E-state index < -0.39 is 0 Å². The van der Waals surface area contributed by atoms with Crippen LogP contribution in [0.4, 0.5) is 4.79 Å². The van der Waals surface area contributed by atoms with E-state index in [4.69, 9.17) is 9.47 Å². The molecule has 0 aromatic heterocycles. The number of benzene rings is 2. The van der Waals surface area contributed by atoms with Crippen molar-refractivity contribution in [3.05, 3.63) is 65.7 Å². The summed E-state index contributed by atoms with van der Waals surface area (Å²) in [5.74, 6) is 0.850. The molecular formula is C22H28N2O3. The molecule has 2 aromatic carbocycles. The average Bonchev–Trinajstić information content (AvgIpc) is 2.72. The van der Waals surface area contributed by atoms with Crippen LogP contribution < -0.4 is 10.1 Å². The van der Waals surface area contributed by atoms with Gasteiger partial charge in [0, 0.05) is 26.7 Å². The van der Waals surface area contributed by atoms with Gasteiger partial charge < -0.3 is 19.7 Å². The number of carbonyl (C=O) groups is 1. The predicted octanol–water partition coefficient (Wildman–Crippen LogP) is 3.98. The maximum atomic E-state index is 12.3. The molecular weight excluding hydrogens is 340 g/mol. The summed E-state index contributed by atoms with van der Waals surface area (Å²) in [4.78, 5) is 14.0. The highest BCUT2D eigenvalue weighted by molar-refractivity contribution is 5.73. The fourth-order valence-electron chi connectivity index (χ4n) is 3.17. The van der Waals surface area contributed by atoms with Gasteiger partial charge in [-0.3, -0.25) is 0 Å². The quantitative estimate of drug-likeness (QED) is 0.804. The van der Waals surface area contributed by atoms with Gasteiger partial charge in [0.05, 0.1) is 6.10 Å². The molecule has 0 spiro atoms. The van der Waals surface area contributed by atoms with Crippen molar-refractivity contribution in [3.63, 3.8) is 0 Å². The Bertz CT molecular complexity index is 715. The normalized spacial score (nSPS) is 16.6. The number of urea groups is 1. The van der Waals surface area contributed by atoms with Crippen LogP contribution in [0.25, 0.3) is 0 Å². The number of para-hydroxylation sites is 1. The highest BCUT2D eigenvalue weighted by Crippen LogP contribution is 2.14. The van der Waals surface area contributed by atoms with Crippen molar-refractivity contribution in [2.24, 2.45) is 0 Å². The molecule has 1 unspecified atom stereocenters. The first-order valence-electron chi connectivity index (χ1n) is 9.57. The van der Waals surface area contributed by atoms with Crippen molar-refractivity contribution >= 4 is 6.03 Å². The standard InChI is InChI=1S/C22H28N2O3/c1-24(16-21-12-5-6-13-26-21)22(25)23-15-18-8-7-9-19(14-18)17-27-20-10-3-2-4-11-20/h2-4,7-11,14,21H,5-6,12-13,15-17H2,1H3,(H,23,25). The van der Waals surface area contributed by atoms with E-state index in [9.17, 15) is 4.79 Å². The number of amides is 2. The molecule has 27 heavy (non-hydrogen) atoms. The molecule has 0 bridgehead atoms. The van der Waals surface area contributed by atoms with Gasteiger partial charge in [-0.05, 0) is 42.5 Å². The first-order chi connectivity index (χ1) is 13.2. The Morgan fingerprint density at radius 2 is 1.96 bits per heavy atom. The Labute approximate surface area is 161 Å². The summed E-state index contributed by atoms with van der Waals surface area (Å²) in [5.41, 5.74) is 2.13. The number of nitrogens with one attached hydrogen (secondary N) is 1. The second kappa shape index (κ2) is 9.97. The van der Waals surface area contributed by atoms with Crippen molar-refractivity contribution in [1.82, 2.24) is 10.2 Å². The minimum absolute atomic E-state index is 0.0740. The highest BCUT2D eigenvalue weighted by Gasteiger charge is 2.18. The number of likely N-dealkylation sites (N-methyl/N-ethyl adjacent to an activating group) is 1. The first kappa shape index (κ1) is 19.2. The van der Waals surface area contributed by atoms with E-state index in [2.05, 4.69) is 11.4 Å². The molecule has 5 nitrogen and oxygen atoms in total. The van der Waals surface area contributed by atoms with Gasteiger partial charge >= 0.3 is 6.03 Å². The number of ether oxygens (including phenoxy) is 2. The Balaban J connectivity index is 1.45. The minimum Gasteiger partial charge on any atom is -0.489 e. The van der Waals surface area contributed by atoms with Crippen LogP contribution >= 0.6 is 0 Å². The zero-order chi connectivity index (χ0) is 18.9. The number of hydrogen-bond acceptors (Lipinski definition) is 3. The van der Waals surface area contributed by atoms with Gasteiger partial charge in [-0.1, -0.05) is 42.5 Å². The Morgan fingerprint density at radius 1 is 1.15 bits per heavy atom. The van der Waals surface area contributed by atoms with E-state index >= 15 is 0 Å². The molecule has 1 heterocycles. The second-order valence-electron chi connectivity index (χ2n) is 6.95. The molecule has 1 saturated heterocycles. The van der Waals surface area contributed by atoms with Crippen LogP contribution in [-0.4, -0.2) is 37.2 Å². The molecule has 1 aliphatic heterocycles. The Kier molecular flexibility index (Phi) is 7.11. The van der Waals surface area contributed by atoms with Crippen molar-refractivity contribution in [3.8, 4) is 5.75 Å². The van der Waals surface area contributed by atoms with Crippen LogP contribution in [0.5, 0.6) is 5.75 Å². The summed E-state index contributed by atoms with van der Waals surface area (Å²) in [5, 5.41) is 2.98. The zero-order valence-electron chi connectivity index (χ0n) is 15.9. The summed E-state index contributed by atoms with van der Waals surface area (Å²) in [6, 6.07) is 17.8. The third-order valence-corrected chi connectivity index (χ3v) is 4.68. The number of carbonyl (C=O) groups excluding carboxylic acids is 1. The third kappa shape index (κ3) is 6.29. The molecule has 2 amide bonds. The van der Waals surface area contributed by atoms with Crippen molar-refractivity contribution in [1.29, 1.82) is 0 Å². The molecule has 1 aliphatic rings. The van der Waals surface area contributed by atoms with E-state index in [0.29, 0.717) is 19.7 Å². The Morgan fingerprint density at radius 3 is 2.74 bits per heavy atom. The lowest BCUT2D eigenvalue weighted by Crippen LogP contribution is -2.42. The maximum absolute atomic E-state index is 12.3. The smallest absolute Gasteiger partial charge is 0.317 e. The lowest BCUT2D eigenvalue weighted by atomic mass is 10.1. The monoisotopic (exact) mass is 368 g/mol. The SMILES string of the molecule is CN(CC1CCCCO1)C(=O)NCc1cccc(COc2ccccc2)c1. The molecule has 1 fully saturated rings. The van der Waals surface area contributed by atoms with E-state index in [1.165, 1.54) is 6.42 Å². The molecule has 144 valence electrons. The molecule has 1 atom stereocenters. The lowest BCUT2D eigenvalue weighted by molar-refractivity contribution is 0.00385. The van der Waals surface area contributed by atoms with Gasteiger partial charge in [-0.15, -0.1) is 0 Å². The fourth-order valence-corrected chi connectivity index (χ4v) is 3.17. The average molecular weight is 368 g/mol. The molecule has 2 aromatic rings. The zero-order valence-corrected chi connectivity index (χ0v) is 15.9. The summed E-state index contributed by atoms with van der Waals surface area (Å²) >= 11 is 0. The lowest BCUT2D eigenvalue weighted by Gasteiger charge is -2.27. The molecule has 5 heteroatoms. The van der Waals surface area contributed by atoms with E-state index in [1.54, 1.807) is 4.90 Å². The van der Waals surface area contributed by atoms with Gasteiger partial charge in [-0.25, -0.2) is 4.79 Å². The summed E-state index contributed by atoms with van der Waals surface area (Å²) in [7, 11) is 1.82. The van der Waals surface area contributed by atoms with Crippen LogP contribution in [0.3, 0.4) is 0 Å². The van der Waals surface area contributed by atoms with E-state index in [1.807, 2.05) is 55.6 Å². The van der Waals surface area contributed by atoms with Crippen LogP contribution in [0.15, 0.2) is 54.6 Å². The third-order valence-electron chi connectivity index (χ3n) is 4.68. The number of hydrogen-bond donors (Lipinski definition) is 1. The Hall–Kier alpha value is -2.53. The molecule has 0 aliphatic carbocycles. The van der Waals surface area contributed by atoms with Gasteiger partial charge in [0.2, 0.25) is 0 Å². The largest absolute Gasteiger partial charge is 0.489 e. The van der Waals surface area contributed by atoms with Crippen LogP contribution in [0.1, 0.15) is 30.4 Å². The molecule has 0 saturated carbocycles. The summed E-state index contributed by atoms with van der Waals surface area (Å²) in [6.07, 6.45) is 3.49.